The summed E-state index contributed by atoms with van der Waals surface area (Å²) < 4.78 is 19.4. The van der Waals surface area contributed by atoms with E-state index >= 15 is 0 Å². The SMILES string of the molecule is O=C(CN1C(=O)C(=Cc2cccc(F)c2)Oc2ccccc21)N1CCN(c2ncccn2)CC1. The zero-order chi connectivity index (χ0) is 23.5. The number of hydrogen-bond donors (Lipinski definition) is 0. The van der Waals surface area contributed by atoms with Crippen LogP contribution >= 0.6 is 0 Å². The molecule has 0 aliphatic carbocycles. The Hall–Kier alpha value is -4.27. The summed E-state index contributed by atoms with van der Waals surface area (Å²) in [5.41, 5.74) is 1.02. The van der Waals surface area contributed by atoms with Crippen molar-refractivity contribution in [2.24, 2.45) is 0 Å². The molecule has 2 aliphatic rings. The number of amides is 2. The highest BCUT2D eigenvalue weighted by molar-refractivity contribution is 6.12. The smallest absolute Gasteiger partial charge is 0.294 e. The lowest BCUT2D eigenvalue weighted by molar-refractivity contribution is -0.131. The second kappa shape index (κ2) is 9.30. The maximum atomic E-state index is 13.6. The molecule has 172 valence electrons. The van der Waals surface area contributed by atoms with Gasteiger partial charge in [-0.2, -0.15) is 0 Å². The molecule has 1 aromatic heterocycles. The summed E-state index contributed by atoms with van der Waals surface area (Å²) in [6.07, 6.45) is 4.87. The lowest BCUT2D eigenvalue weighted by atomic mass is 10.1. The van der Waals surface area contributed by atoms with Crippen molar-refractivity contribution in [3.8, 4) is 5.75 Å². The number of fused-ring (bicyclic) bond motifs is 1. The minimum Gasteiger partial charge on any atom is -0.449 e. The number of carbonyl (C=O) groups excluding carboxylic acids is 2. The van der Waals surface area contributed by atoms with Crippen LogP contribution in [0.15, 0.2) is 72.8 Å². The van der Waals surface area contributed by atoms with E-state index < -0.39 is 11.7 Å². The average molecular weight is 459 g/mol. The highest BCUT2D eigenvalue weighted by atomic mass is 19.1. The second-order valence-electron chi connectivity index (χ2n) is 7.94. The number of halogens is 1. The molecule has 1 saturated heterocycles. The highest BCUT2D eigenvalue weighted by Gasteiger charge is 2.33. The fraction of sp³-hybridized carbons (Fsp3) is 0.200. The summed E-state index contributed by atoms with van der Waals surface area (Å²) >= 11 is 0. The first kappa shape index (κ1) is 21.6. The number of benzene rings is 2. The van der Waals surface area contributed by atoms with Crippen molar-refractivity contribution >= 4 is 29.5 Å². The Balaban J connectivity index is 1.33. The van der Waals surface area contributed by atoms with Crippen LogP contribution in [0.25, 0.3) is 6.08 Å². The van der Waals surface area contributed by atoms with Gasteiger partial charge in [-0.05, 0) is 42.0 Å². The van der Waals surface area contributed by atoms with Crippen molar-refractivity contribution in [2.75, 3.05) is 42.5 Å². The van der Waals surface area contributed by atoms with E-state index in [1.54, 1.807) is 59.8 Å². The van der Waals surface area contributed by atoms with Crippen LogP contribution < -0.4 is 14.5 Å². The van der Waals surface area contributed by atoms with Gasteiger partial charge in [-0.1, -0.05) is 24.3 Å². The van der Waals surface area contributed by atoms with Gasteiger partial charge in [0.2, 0.25) is 11.9 Å². The third-order valence-electron chi connectivity index (χ3n) is 5.74. The zero-order valence-corrected chi connectivity index (χ0v) is 18.3. The molecule has 2 aromatic carbocycles. The quantitative estimate of drug-likeness (QED) is 0.559. The van der Waals surface area contributed by atoms with Crippen molar-refractivity contribution in [1.29, 1.82) is 0 Å². The van der Waals surface area contributed by atoms with Crippen LogP contribution in [0.3, 0.4) is 0 Å². The molecule has 0 spiro atoms. The van der Waals surface area contributed by atoms with Gasteiger partial charge in [0.05, 0.1) is 5.69 Å². The number of rotatable bonds is 4. The first-order chi connectivity index (χ1) is 16.6. The number of piperazine rings is 1. The first-order valence-electron chi connectivity index (χ1n) is 10.9. The molecule has 0 radical (unpaired) electrons. The van der Waals surface area contributed by atoms with Crippen molar-refractivity contribution < 1.29 is 18.7 Å². The van der Waals surface area contributed by atoms with E-state index in [1.165, 1.54) is 23.1 Å². The Morgan fingerprint density at radius 2 is 1.76 bits per heavy atom. The van der Waals surface area contributed by atoms with E-state index in [9.17, 15) is 14.0 Å². The normalized spacial score (nSPS) is 16.9. The Labute approximate surface area is 195 Å². The molecular weight excluding hydrogens is 437 g/mol. The number of para-hydroxylation sites is 2. The molecule has 0 N–H and O–H groups in total. The average Bonchev–Trinajstić information content (AvgIpc) is 2.87. The van der Waals surface area contributed by atoms with Crippen LogP contribution in [0, 0.1) is 5.82 Å². The van der Waals surface area contributed by atoms with Crippen LogP contribution in [0.1, 0.15) is 5.56 Å². The number of hydrogen-bond acceptors (Lipinski definition) is 6. The van der Waals surface area contributed by atoms with Crippen LogP contribution in [0.4, 0.5) is 16.0 Å². The maximum Gasteiger partial charge on any atom is 0.294 e. The van der Waals surface area contributed by atoms with Gasteiger partial charge in [0, 0.05) is 38.6 Å². The Kier molecular flexibility index (Phi) is 5.90. The summed E-state index contributed by atoms with van der Waals surface area (Å²) in [6.45, 7) is 2.09. The van der Waals surface area contributed by atoms with Gasteiger partial charge < -0.3 is 14.5 Å². The topological polar surface area (TPSA) is 78.9 Å². The van der Waals surface area contributed by atoms with Crippen LogP contribution in [-0.4, -0.2) is 59.4 Å². The lowest BCUT2D eigenvalue weighted by Crippen LogP contribution is -2.53. The largest absolute Gasteiger partial charge is 0.449 e. The Morgan fingerprint density at radius 3 is 2.53 bits per heavy atom. The molecule has 2 amide bonds. The minimum atomic E-state index is -0.451. The number of aromatic nitrogens is 2. The molecule has 8 nitrogen and oxygen atoms in total. The molecule has 3 aromatic rings. The van der Waals surface area contributed by atoms with Crippen molar-refractivity contribution in [3.05, 3.63) is 84.1 Å². The van der Waals surface area contributed by atoms with Crippen molar-refractivity contribution in [2.45, 2.75) is 0 Å². The van der Waals surface area contributed by atoms with Gasteiger partial charge >= 0.3 is 0 Å². The van der Waals surface area contributed by atoms with E-state index in [1.807, 2.05) is 4.90 Å². The first-order valence-corrected chi connectivity index (χ1v) is 10.9. The molecule has 0 bridgehead atoms. The molecule has 3 heterocycles. The molecule has 0 atom stereocenters. The number of carbonyl (C=O) groups is 2. The molecule has 5 rings (SSSR count). The predicted octanol–water partition coefficient (Wildman–Crippen LogP) is 2.73. The lowest BCUT2D eigenvalue weighted by Gasteiger charge is -2.36. The second-order valence-corrected chi connectivity index (χ2v) is 7.94. The minimum absolute atomic E-state index is 0.0307. The van der Waals surface area contributed by atoms with Gasteiger partial charge in [0.25, 0.3) is 5.91 Å². The third kappa shape index (κ3) is 4.45. The van der Waals surface area contributed by atoms with Crippen molar-refractivity contribution in [1.82, 2.24) is 14.9 Å². The van der Waals surface area contributed by atoms with Crippen LogP contribution in [0.2, 0.25) is 0 Å². The van der Waals surface area contributed by atoms with Gasteiger partial charge in [-0.15, -0.1) is 0 Å². The molecular formula is C25H22FN5O3. The third-order valence-corrected chi connectivity index (χ3v) is 5.74. The Morgan fingerprint density at radius 1 is 1.00 bits per heavy atom. The standard InChI is InChI=1S/C25H22FN5O3/c26-19-6-3-5-18(15-19)16-22-24(33)31(20-7-1-2-8-21(20)34-22)17-23(32)29-11-13-30(14-12-29)25-27-9-4-10-28-25/h1-10,15-16H,11-14,17H2. The van der Waals surface area contributed by atoms with E-state index in [4.69, 9.17) is 4.74 Å². The molecule has 1 fully saturated rings. The number of ether oxygens (including phenoxy) is 1. The summed E-state index contributed by atoms with van der Waals surface area (Å²) in [7, 11) is 0. The summed E-state index contributed by atoms with van der Waals surface area (Å²) in [5.74, 6) is 0.104. The van der Waals surface area contributed by atoms with Gasteiger partial charge in [-0.25, -0.2) is 14.4 Å². The van der Waals surface area contributed by atoms with E-state index in [0.29, 0.717) is 49.1 Å². The van der Waals surface area contributed by atoms with Crippen molar-refractivity contribution in [3.63, 3.8) is 0 Å². The monoisotopic (exact) mass is 459 g/mol. The van der Waals surface area contributed by atoms with Crippen LogP contribution in [-0.2, 0) is 9.59 Å². The fourth-order valence-corrected chi connectivity index (χ4v) is 4.01. The summed E-state index contributed by atoms with van der Waals surface area (Å²) in [5, 5.41) is 0. The van der Waals surface area contributed by atoms with E-state index in [2.05, 4.69) is 9.97 Å². The van der Waals surface area contributed by atoms with Gasteiger partial charge in [0.1, 0.15) is 12.4 Å². The predicted molar refractivity (Wildman–Crippen MR) is 125 cm³/mol. The molecule has 2 aliphatic heterocycles. The molecule has 9 heteroatoms. The van der Waals surface area contributed by atoms with Gasteiger partial charge in [0.15, 0.2) is 11.5 Å². The summed E-state index contributed by atoms with van der Waals surface area (Å²) in [4.78, 5) is 40.1. The number of anilines is 2. The maximum absolute atomic E-state index is 13.6. The molecule has 0 unspecified atom stereocenters. The van der Waals surface area contributed by atoms with Gasteiger partial charge in [-0.3, -0.25) is 14.5 Å². The summed E-state index contributed by atoms with van der Waals surface area (Å²) in [6, 6.07) is 14.7. The molecule has 34 heavy (non-hydrogen) atoms. The zero-order valence-electron chi connectivity index (χ0n) is 18.3. The Bertz CT molecular complexity index is 1240. The fourth-order valence-electron chi connectivity index (χ4n) is 4.01. The van der Waals surface area contributed by atoms with E-state index in [0.717, 1.165) is 0 Å². The number of nitrogens with zero attached hydrogens (tertiary/aromatic N) is 5. The van der Waals surface area contributed by atoms with Crippen LogP contribution in [0.5, 0.6) is 5.75 Å². The highest BCUT2D eigenvalue weighted by Crippen LogP contribution is 2.35. The molecule has 0 saturated carbocycles. The van der Waals surface area contributed by atoms with E-state index in [-0.39, 0.29) is 18.2 Å².